The van der Waals surface area contributed by atoms with Crippen molar-refractivity contribution in [3.8, 4) is 0 Å². The molecular formula is C11H20O. The summed E-state index contributed by atoms with van der Waals surface area (Å²) >= 11 is 0. The molecule has 0 aromatic carbocycles. The predicted octanol–water partition coefficient (Wildman–Crippen LogP) is 2.75. The summed E-state index contributed by atoms with van der Waals surface area (Å²) in [6, 6.07) is 0. The largest absolute Gasteiger partial charge is 0.392 e. The number of hydrogen-bond acceptors (Lipinski definition) is 1. The number of aliphatic hydroxyl groups is 1. The van der Waals surface area contributed by atoms with Crippen molar-refractivity contribution in [2.24, 2.45) is 11.3 Å². The first-order chi connectivity index (χ1) is 5.37. The van der Waals surface area contributed by atoms with Gasteiger partial charge in [-0.1, -0.05) is 38.8 Å². The van der Waals surface area contributed by atoms with Crippen LogP contribution in [0.5, 0.6) is 0 Å². The highest BCUT2D eigenvalue weighted by Crippen LogP contribution is 2.44. The third kappa shape index (κ3) is 1.31. The fourth-order valence-corrected chi connectivity index (χ4v) is 1.95. The van der Waals surface area contributed by atoms with Gasteiger partial charge in [0.15, 0.2) is 0 Å². The van der Waals surface area contributed by atoms with E-state index in [9.17, 15) is 5.11 Å². The Labute approximate surface area is 75.5 Å². The predicted molar refractivity (Wildman–Crippen MR) is 51.9 cm³/mol. The van der Waals surface area contributed by atoms with Crippen LogP contribution in [0.4, 0.5) is 0 Å². The fourth-order valence-electron chi connectivity index (χ4n) is 1.95. The standard InChI is InChI=1S/C11H20O/c1-7(2)9-6-10(12)11(4,5)8(9)3/h7,10,12H,6H2,1-5H3. The minimum Gasteiger partial charge on any atom is -0.392 e. The molecule has 0 amide bonds. The van der Waals surface area contributed by atoms with Gasteiger partial charge in [0, 0.05) is 5.41 Å². The number of aliphatic hydroxyl groups excluding tert-OH is 1. The van der Waals surface area contributed by atoms with Crippen molar-refractivity contribution in [3.05, 3.63) is 11.1 Å². The highest BCUT2D eigenvalue weighted by Gasteiger charge is 2.38. The maximum absolute atomic E-state index is 9.80. The lowest BCUT2D eigenvalue weighted by Gasteiger charge is -2.24. The van der Waals surface area contributed by atoms with Crippen LogP contribution >= 0.6 is 0 Å². The highest BCUT2D eigenvalue weighted by molar-refractivity contribution is 5.29. The zero-order valence-corrected chi connectivity index (χ0v) is 8.81. The van der Waals surface area contributed by atoms with E-state index in [0.29, 0.717) is 5.92 Å². The maximum atomic E-state index is 9.80. The van der Waals surface area contributed by atoms with E-state index in [0.717, 1.165) is 6.42 Å². The minimum atomic E-state index is -0.171. The van der Waals surface area contributed by atoms with Gasteiger partial charge in [0.25, 0.3) is 0 Å². The molecule has 1 aliphatic carbocycles. The smallest absolute Gasteiger partial charge is 0.0665 e. The fraction of sp³-hybridized carbons (Fsp3) is 0.818. The second-order valence-electron chi connectivity index (χ2n) is 4.75. The zero-order valence-electron chi connectivity index (χ0n) is 8.81. The lowest BCUT2D eigenvalue weighted by Crippen LogP contribution is -2.24. The van der Waals surface area contributed by atoms with E-state index in [1.807, 2.05) is 0 Å². The summed E-state index contributed by atoms with van der Waals surface area (Å²) in [6.07, 6.45) is 0.700. The van der Waals surface area contributed by atoms with E-state index in [4.69, 9.17) is 0 Å². The summed E-state index contributed by atoms with van der Waals surface area (Å²) in [7, 11) is 0. The number of hydrogen-bond donors (Lipinski definition) is 1. The SMILES string of the molecule is CC1=C(C(C)C)CC(O)C1(C)C. The van der Waals surface area contributed by atoms with Crippen LogP contribution in [-0.4, -0.2) is 11.2 Å². The molecule has 1 N–H and O–H groups in total. The summed E-state index contributed by atoms with van der Waals surface area (Å²) in [5.41, 5.74) is 2.84. The molecule has 0 radical (unpaired) electrons. The van der Waals surface area contributed by atoms with Crippen LogP contribution in [0.1, 0.15) is 41.0 Å². The van der Waals surface area contributed by atoms with Crippen LogP contribution in [0.3, 0.4) is 0 Å². The van der Waals surface area contributed by atoms with Crippen molar-refractivity contribution in [3.63, 3.8) is 0 Å². The zero-order chi connectivity index (χ0) is 9.52. The maximum Gasteiger partial charge on any atom is 0.0665 e. The monoisotopic (exact) mass is 168 g/mol. The van der Waals surface area contributed by atoms with Crippen molar-refractivity contribution in [1.29, 1.82) is 0 Å². The molecule has 0 bridgehead atoms. The third-order valence-corrected chi connectivity index (χ3v) is 3.39. The topological polar surface area (TPSA) is 20.2 Å². The summed E-state index contributed by atoms with van der Waals surface area (Å²) in [4.78, 5) is 0. The van der Waals surface area contributed by atoms with Crippen molar-refractivity contribution in [2.45, 2.75) is 47.1 Å². The van der Waals surface area contributed by atoms with E-state index in [2.05, 4.69) is 34.6 Å². The lowest BCUT2D eigenvalue weighted by atomic mass is 9.84. The van der Waals surface area contributed by atoms with Gasteiger partial charge in [-0.25, -0.2) is 0 Å². The van der Waals surface area contributed by atoms with Crippen LogP contribution in [0.15, 0.2) is 11.1 Å². The van der Waals surface area contributed by atoms with Gasteiger partial charge in [0.1, 0.15) is 0 Å². The molecule has 0 fully saturated rings. The molecule has 1 aliphatic rings. The van der Waals surface area contributed by atoms with Gasteiger partial charge in [-0.2, -0.15) is 0 Å². The molecule has 0 aliphatic heterocycles. The minimum absolute atomic E-state index is 0.000394. The van der Waals surface area contributed by atoms with Crippen LogP contribution in [0.2, 0.25) is 0 Å². The van der Waals surface area contributed by atoms with Gasteiger partial charge in [-0.05, 0) is 19.3 Å². The van der Waals surface area contributed by atoms with Crippen molar-refractivity contribution < 1.29 is 5.11 Å². The van der Waals surface area contributed by atoms with E-state index < -0.39 is 0 Å². The first kappa shape index (κ1) is 9.79. The normalized spacial score (nSPS) is 28.8. The van der Waals surface area contributed by atoms with E-state index in [-0.39, 0.29) is 11.5 Å². The molecule has 1 nitrogen and oxygen atoms in total. The molecule has 0 heterocycles. The first-order valence-corrected chi connectivity index (χ1v) is 4.75. The number of rotatable bonds is 1. The molecular weight excluding hydrogens is 148 g/mol. The lowest BCUT2D eigenvalue weighted by molar-refractivity contribution is 0.0898. The molecule has 1 unspecified atom stereocenters. The van der Waals surface area contributed by atoms with Crippen LogP contribution in [0.25, 0.3) is 0 Å². The third-order valence-electron chi connectivity index (χ3n) is 3.39. The summed E-state index contributed by atoms with van der Waals surface area (Å²) in [6.45, 7) is 10.8. The molecule has 0 aromatic heterocycles. The second kappa shape index (κ2) is 2.88. The Morgan fingerprint density at radius 1 is 1.42 bits per heavy atom. The Morgan fingerprint density at radius 2 is 1.92 bits per heavy atom. The molecule has 0 saturated heterocycles. The molecule has 1 atom stereocenters. The van der Waals surface area contributed by atoms with Crippen LogP contribution < -0.4 is 0 Å². The Morgan fingerprint density at radius 3 is 2.08 bits per heavy atom. The Hall–Kier alpha value is -0.300. The quantitative estimate of drug-likeness (QED) is 0.597. The van der Waals surface area contributed by atoms with Crippen LogP contribution in [0, 0.1) is 11.3 Å². The van der Waals surface area contributed by atoms with Gasteiger partial charge in [0.2, 0.25) is 0 Å². The summed E-state index contributed by atoms with van der Waals surface area (Å²) in [5.74, 6) is 0.585. The molecule has 1 heteroatoms. The Kier molecular flexibility index (Phi) is 2.35. The van der Waals surface area contributed by atoms with E-state index in [1.165, 1.54) is 11.1 Å². The van der Waals surface area contributed by atoms with E-state index in [1.54, 1.807) is 0 Å². The average molecular weight is 168 g/mol. The van der Waals surface area contributed by atoms with E-state index >= 15 is 0 Å². The highest BCUT2D eigenvalue weighted by atomic mass is 16.3. The Bertz CT molecular complexity index is 211. The van der Waals surface area contributed by atoms with Crippen molar-refractivity contribution in [2.75, 3.05) is 0 Å². The summed E-state index contributed by atoms with van der Waals surface area (Å²) < 4.78 is 0. The second-order valence-corrected chi connectivity index (χ2v) is 4.75. The summed E-state index contributed by atoms with van der Waals surface area (Å²) in [5, 5.41) is 9.80. The average Bonchev–Trinajstić information content (AvgIpc) is 2.13. The van der Waals surface area contributed by atoms with Gasteiger partial charge in [-0.3, -0.25) is 0 Å². The molecule has 0 aromatic rings. The van der Waals surface area contributed by atoms with Crippen molar-refractivity contribution >= 4 is 0 Å². The van der Waals surface area contributed by atoms with Crippen molar-refractivity contribution in [1.82, 2.24) is 0 Å². The molecule has 12 heavy (non-hydrogen) atoms. The van der Waals surface area contributed by atoms with Gasteiger partial charge in [0.05, 0.1) is 6.10 Å². The molecule has 1 rings (SSSR count). The molecule has 0 spiro atoms. The van der Waals surface area contributed by atoms with Gasteiger partial charge >= 0.3 is 0 Å². The van der Waals surface area contributed by atoms with Gasteiger partial charge in [-0.15, -0.1) is 0 Å². The molecule has 70 valence electrons. The Balaban J connectivity index is 2.98. The molecule has 0 saturated carbocycles. The van der Waals surface area contributed by atoms with Crippen LogP contribution in [-0.2, 0) is 0 Å². The van der Waals surface area contributed by atoms with Gasteiger partial charge < -0.3 is 5.11 Å². The first-order valence-electron chi connectivity index (χ1n) is 4.75.